The molecule has 0 unspecified atom stereocenters. The second-order valence-corrected chi connectivity index (χ2v) is 5.25. The Hall–Kier alpha value is -0.270. The standard InChI is InChI=1S/C11H17NO4S.Na/c1-9-4-5-10(16-2)8-11(9)12-6-3-7-17(13,14)15;/h4-5,8,12H,3,6-7H2,1-2H3,(H,13,14,15);/q;+1/p-1. The smallest absolute Gasteiger partial charge is 0.748 e. The number of benzene rings is 1. The number of hydrogen-bond acceptors (Lipinski definition) is 5. The predicted molar refractivity (Wildman–Crippen MR) is 65.4 cm³/mol. The van der Waals surface area contributed by atoms with Crippen LogP contribution in [0, 0.1) is 6.92 Å². The van der Waals surface area contributed by atoms with Crippen molar-refractivity contribution in [3.05, 3.63) is 23.8 Å². The van der Waals surface area contributed by atoms with Crippen LogP contribution in [0.3, 0.4) is 0 Å². The molecule has 5 nitrogen and oxygen atoms in total. The second-order valence-electron chi connectivity index (χ2n) is 3.72. The van der Waals surface area contributed by atoms with E-state index in [0.717, 1.165) is 17.0 Å². The van der Waals surface area contributed by atoms with Crippen LogP contribution in [0.25, 0.3) is 0 Å². The molecule has 0 atom stereocenters. The minimum Gasteiger partial charge on any atom is -0.748 e. The third-order valence-electron chi connectivity index (χ3n) is 2.33. The molecule has 0 bridgehead atoms. The molecule has 0 heterocycles. The van der Waals surface area contributed by atoms with Gasteiger partial charge in [-0.1, -0.05) is 6.07 Å². The van der Waals surface area contributed by atoms with E-state index in [-0.39, 0.29) is 35.3 Å². The van der Waals surface area contributed by atoms with Crippen LogP contribution in [0.4, 0.5) is 5.69 Å². The zero-order valence-electron chi connectivity index (χ0n) is 10.9. The van der Waals surface area contributed by atoms with Gasteiger partial charge < -0.3 is 14.6 Å². The van der Waals surface area contributed by atoms with Gasteiger partial charge >= 0.3 is 29.6 Å². The van der Waals surface area contributed by atoms with E-state index in [1.54, 1.807) is 7.11 Å². The summed E-state index contributed by atoms with van der Waals surface area (Å²) in [6, 6.07) is 5.59. The molecule has 0 aromatic heterocycles. The molecule has 7 heteroatoms. The molecule has 0 amide bonds. The zero-order valence-corrected chi connectivity index (χ0v) is 13.7. The fourth-order valence-electron chi connectivity index (χ4n) is 1.39. The number of aryl methyl sites for hydroxylation is 1. The summed E-state index contributed by atoms with van der Waals surface area (Å²) in [5.41, 5.74) is 1.92. The Bertz CT molecular complexity index is 476. The van der Waals surface area contributed by atoms with Crippen molar-refractivity contribution in [2.75, 3.05) is 24.7 Å². The summed E-state index contributed by atoms with van der Waals surface area (Å²) in [4.78, 5) is 0. The number of hydrogen-bond donors (Lipinski definition) is 1. The summed E-state index contributed by atoms with van der Waals surface area (Å²) in [5, 5.41) is 3.08. The van der Waals surface area contributed by atoms with Crippen LogP contribution in [0.15, 0.2) is 18.2 Å². The minimum atomic E-state index is -4.12. The summed E-state index contributed by atoms with van der Waals surface area (Å²) >= 11 is 0. The van der Waals surface area contributed by atoms with E-state index in [4.69, 9.17) is 4.74 Å². The summed E-state index contributed by atoms with van der Waals surface area (Å²) < 4.78 is 36.3. The molecule has 0 fully saturated rings. The third kappa shape index (κ3) is 6.61. The van der Waals surface area contributed by atoms with Gasteiger partial charge in [0.05, 0.1) is 17.2 Å². The topological polar surface area (TPSA) is 78.5 Å². The van der Waals surface area contributed by atoms with Crippen LogP contribution >= 0.6 is 0 Å². The molecule has 0 saturated heterocycles. The molecule has 1 aromatic carbocycles. The molecule has 1 N–H and O–H groups in total. The minimum absolute atomic E-state index is 0. The van der Waals surface area contributed by atoms with Crippen molar-refractivity contribution in [1.82, 2.24) is 0 Å². The molecule has 18 heavy (non-hydrogen) atoms. The quantitative estimate of drug-likeness (QED) is 0.384. The van der Waals surface area contributed by atoms with Crippen molar-refractivity contribution < 1.29 is 47.3 Å². The van der Waals surface area contributed by atoms with Crippen molar-refractivity contribution in [2.45, 2.75) is 13.3 Å². The maximum Gasteiger partial charge on any atom is 1.00 e. The van der Waals surface area contributed by atoms with Crippen molar-refractivity contribution >= 4 is 15.8 Å². The fraction of sp³-hybridized carbons (Fsp3) is 0.455. The average molecular weight is 281 g/mol. The molecular formula is C11H16NNaO4S. The maximum absolute atomic E-state index is 10.4. The van der Waals surface area contributed by atoms with Gasteiger partial charge in [0.2, 0.25) is 0 Å². The van der Waals surface area contributed by atoms with Crippen LogP contribution < -0.4 is 39.6 Å². The first-order valence-electron chi connectivity index (χ1n) is 5.24. The average Bonchev–Trinajstić information content (AvgIpc) is 2.25. The summed E-state index contributed by atoms with van der Waals surface area (Å²) in [7, 11) is -2.53. The van der Waals surface area contributed by atoms with E-state index in [1.807, 2.05) is 25.1 Å². The Labute approximate surface area is 130 Å². The van der Waals surface area contributed by atoms with Gasteiger partial charge in [0.1, 0.15) is 5.75 Å². The number of methoxy groups -OCH3 is 1. The van der Waals surface area contributed by atoms with Gasteiger partial charge in [-0.3, -0.25) is 0 Å². The van der Waals surface area contributed by atoms with Crippen LogP contribution in [0.5, 0.6) is 5.75 Å². The Kier molecular flexibility index (Phi) is 7.89. The molecule has 0 saturated carbocycles. The van der Waals surface area contributed by atoms with Crippen molar-refractivity contribution in [3.8, 4) is 5.75 Å². The first-order valence-corrected chi connectivity index (χ1v) is 6.82. The van der Waals surface area contributed by atoms with E-state index in [0.29, 0.717) is 13.0 Å². The Morgan fingerprint density at radius 3 is 2.61 bits per heavy atom. The maximum atomic E-state index is 10.4. The van der Waals surface area contributed by atoms with Gasteiger partial charge in [0.25, 0.3) is 0 Å². The first kappa shape index (κ1) is 17.7. The molecular weight excluding hydrogens is 265 g/mol. The molecule has 0 radical (unpaired) electrons. The van der Waals surface area contributed by atoms with Crippen LogP contribution in [0.1, 0.15) is 12.0 Å². The second kappa shape index (κ2) is 8.01. The first-order chi connectivity index (χ1) is 7.92. The van der Waals surface area contributed by atoms with Crippen LogP contribution in [0.2, 0.25) is 0 Å². The zero-order chi connectivity index (χ0) is 12.9. The number of ether oxygens (including phenoxy) is 1. The normalized spacial score (nSPS) is 10.6. The van der Waals surface area contributed by atoms with E-state index >= 15 is 0 Å². The van der Waals surface area contributed by atoms with Gasteiger partial charge in [-0.05, 0) is 25.0 Å². The van der Waals surface area contributed by atoms with Crippen LogP contribution in [-0.4, -0.2) is 32.4 Å². The SMILES string of the molecule is COc1ccc(C)c(NCCCS(=O)(=O)[O-])c1.[Na+]. The summed E-state index contributed by atoms with van der Waals surface area (Å²) in [6.45, 7) is 2.38. The van der Waals surface area contributed by atoms with Gasteiger partial charge in [0.15, 0.2) is 0 Å². The van der Waals surface area contributed by atoms with E-state index in [9.17, 15) is 13.0 Å². The fourth-order valence-corrected chi connectivity index (χ4v) is 1.89. The van der Waals surface area contributed by atoms with Gasteiger partial charge in [0, 0.05) is 24.1 Å². The van der Waals surface area contributed by atoms with Gasteiger partial charge in [-0.15, -0.1) is 0 Å². The number of rotatable bonds is 6. The molecule has 1 rings (SSSR count). The Morgan fingerprint density at radius 1 is 1.39 bits per heavy atom. The summed E-state index contributed by atoms with van der Waals surface area (Å²) in [6.07, 6.45) is 0.294. The Morgan fingerprint density at radius 2 is 2.06 bits per heavy atom. The third-order valence-corrected chi connectivity index (χ3v) is 3.12. The molecule has 0 aliphatic carbocycles. The predicted octanol–water partition coefficient (Wildman–Crippen LogP) is -1.65. The number of nitrogens with one attached hydrogen (secondary N) is 1. The summed E-state index contributed by atoms with van der Waals surface area (Å²) in [5.74, 6) is 0.387. The monoisotopic (exact) mass is 281 g/mol. The van der Waals surface area contributed by atoms with Gasteiger partial charge in [-0.25, -0.2) is 8.42 Å². The van der Waals surface area contributed by atoms with Gasteiger partial charge in [-0.2, -0.15) is 0 Å². The van der Waals surface area contributed by atoms with E-state index < -0.39 is 10.1 Å². The largest absolute Gasteiger partial charge is 1.00 e. The molecule has 0 spiro atoms. The molecule has 96 valence electrons. The van der Waals surface area contributed by atoms with Crippen molar-refractivity contribution in [2.24, 2.45) is 0 Å². The molecule has 0 aliphatic heterocycles. The molecule has 0 aliphatic rings. The van der Waals surface area contributed by atoms with E-state index in [1.165, 1.54) is 0 Å². The number of anilines is 1. The Balaban J connectivity index is 0.00000289. The van der Waals surface area contributed by atoms with Crippen molar-refractivity contribution in [1.29, 1.82) is 0 Å². The van der Waals surface area contributed by atoms with E-state index in [2.05, 4.69) is 5.32 Å². The van der Waals surface area contributed by atoms with Crippen LogP contribution in [-0.2, 0) is 10.1 Å². The van der Waals surface area contributed by atoms with Crippen molar-refractivity contribution in [3.63, 3.8) is 0 Å². The molecule has 1 aromatic rings.